The number of pyridine rings is 1. The lowest BCUT2D eigenvalue weighted by Crippen LogP contribution is -2.46. The molecule has 212 valence electrons. The number of sulfonamides is 1. The lowest BCUT2D eigenvalue weighted by molar-refractivity contribution is 0.00790. The Kier molecular flexibility index (Phi) is 9.15. The third-order valence-electron chi connectivity index (χ3n) is 7.17. The second-order valence-corrected chi connectivity index (χ2v) is 11.9. The number of rotatable bonds is 9. The van der Waals surface area contributed by atoms with Crippen LogP contribution in [0, 0.1) is 0 Å². The summed E-state index contributed by atoms with van der Waals surface area (Å²) < 4.78 is 38.8. The molecule has 12 heteroatoms. The summed E-state index contributed by atoms with van der Waals surface area (Å²) in [5, 5.41) is 3.61. The summed E-state index contributed by atoms with van der Waals surface area (Å²) in [6.45, 7) is 3.76. The van der Waals surface area contributed by atoms with E-state index in [1.165, 1.54) is 32.1 Å². The van der Waals surface area contributed by atoms with Crippen molar-refractivity contribution in [2.45, 2.75) is 42.7 Å². The Hall–Kier alpha value is -3.25. The number of ether oxygens (including phenoxy) is 2. The number of nitrogens with one attached hydrogen (secondary N) is 2. The summed E-state index contributed by atoms with van der Waals surface area (Å²) >= 11 is 6.06. The fourth-order valence-corrected chi connectivity index (χ4v) is 6.57. The van der Waals surface area contributed by atoms with Gasteiger partial charge >= 0.3 is 0 Å². The molecule has 2 aromatic heterocycles. The number of nitrogens with zero attached hydrogens (tertiary/aromatic N) is 4. The molecule has 0 atom stereocenters. The number of methoxy groups -OCH3 is 1. The second kappa shape index (κ2) is 12.9. The van der Waals surface area contributed by atoms with Crippen LogP contribution >= 0.6 is 11.6 Å². The van der Waals surface area contributed by atoms with Gasteiger partial charge in [0.15, 0.2) is 0 Å². The van der Waals surface area contributed by atoms with Gasteiger partial charge in [-0.1, -0.05) is 29.8 Å². The lowest BCUT2D eigenvalue weighted by atomic mass is 9.90. The van der Waals surface area contributed by atoms with Gasteiger partial charge in [0, 0.05) is 48.7 Å². The van der Waals surface area contributed by atoms with Crippen LogP contribution in [0.15, 0.2) is 53.7 Å². The van der Waals surface area contributed by atoms with Gasteiger partial charge in [-0.2, -0.15) is 4.98 Å². The molecule has 2 N–H and O–H groups in total. The van der Waals surface area contributed by atoms with E-state index in [2.05, 4.69) is 29.9 Å². The van der Waals surface area contributed by atoms with Gasteiger partial charge in [-0.25, -0.2) is 18.4 Å². The predicted octanol–water partition coefficient (Wildman–Crippen LogP) is 4.56. The summed E-state index contributed by atoms with van der Waals surface area (Å²) in [6.07, 6.45) is 11.7. The Bertz CT molecular complexity index is 1420. The average molecular weight is 585 g/mol. The zero-order valence-electron chi connectivity index (χ0n) is 22.3. The van der Waals surface area contributed by atoms with Crippen molar-refractivity contribution in [2.24, 2.45) is 0 Å². The van der Waals surface area contributed by atoms with E-state index < -0.39 is 10.0 Å². The van der Waals surface area contributed by atoms with Crippen molar-refractivity contribution < 1.29 is 17.9 Å². The standard InChI is InChI=1S/C28H33ClN6O4S/c1-38-27-21(8-13-26(33-27)34-40(36,37)25-5-3-2-4-24(25)29)7-6-20-18-30-28(31-19-20)32-22-9-11-23(12-10-22)35-14-16-39-17-15-35/h2-8,13,18-19,22-23H,9-12,14-17H2,1H3,(H,33,34)(H,30,31,32)/b7-6+/t22-,23-. The van der Waals surface area contributed by atoms with E-state index in [1.807, 2.05) is 12.2 Å². The normalized spacial score (nSPS) is 20.4. The smallest absolute Gasteiger partial charge is 0.264 e. The molecule has 1 aliphatic carbocycles. The third-order valence-corrected chi connectivity index (χ3v) is 9.02. The van der Waals surface area contributed by atoms with E-state index in [-0.39, 0.29) is 21.6 Å². The van der Waals surface area contributed by atoms with Gasteiger partial charge in [-0.05, 0) is 56.0 Å². The molecule has 3 aromatic rings. The van der Waals surface area contributed by atoms with Crippen LogP contribution in [-0.4, -0.2) is 73.8 Å². The first-order chi connectivity index (χ1) is 19.4. The molecule has 0 unspecified atom stereocenters. The Morgan fingerprint density at radius 1 is 1.02 bits per heavy atom. The number of aromatic nitrogens is 3. The van der Waals surface area contributed by atoms with E-state index in [0.717, 1.165) is 44.7 Å². The minimum atomic E-state index is -3.91. The van der Waals surface area contributed by atoms with Crippen LogP contribution in [0.3, 0.4) is 0 Å². The molecular weight excluding hydrogens is 552 g/mol. The van der Waals surface area contributed by atoms with Gasteiger partial charge in [0.05, 0.1) is 25.3 Å². The van der Waals surface area contributed by atoms with Crippen molar-refractivity contribution in [1.29, 1.82) is 0 Å². The first-order valence-corrected chi connectivity index (χ1v) is 15.2. The minimum Gasteiger partial charge on any atom is -0.481 e. The highest BCUT2D eigenvalue weighted by Crippen LogP contribution is 2.27. The van der Waals surface area contributed by atoms with E-state index in [9.17, 15) is 8.42 Å². The van der Waals surface area contributed by atoms with Crippen LogP contribution in [0.1, 0.15) is 36.8 Å². The fraction of sp³-hybridized carbons (Fsp3) is 0.393. The highest BCUT2D eigenvalue weighted by atomic mass is 35.5. The van der Waals surface area contributed by atoms with Gasteiger partial charge in [-0.15, -0.1) is 0 Å². The highest BCUT2D eigenvalue weighted by molar-refractivity contribution is 7.92. The molecule has 1 aromatic carbocycles. The van der Waals surface area contributed by atoms with Crippen molar-refractivity contribution in [3.63, 3.8) is 0 Å². The summed E-state index contributed by atoms with van der Waals surface area (Å²) in [5.41, 5.74) is 1.48. The Morgan fingerprint density at radius 2 is 1.75 bits per heavy atom. The maximum atomic E-state index is 12.7. The van der Waals surface area contributed by atoms with Crippen molar-refractivity contribution in [1.82, 2.24) is 19.9 Å². The van der Waals surface area contributed by atoms with Gasteiger partial charge < -0.3 is 14.8 Å². The second-order valence-electron chi connectivity index (χ2n) is 9.80. The fourth-order valence-electron chi connectivity index (χ4n) is 5.05. The zero-order valence-corrected chi connectivity index (χ0v) is 23.9. The van der Waals surface area contributed by atoms with Gasteiger partial charge in [0.25, 0.3) is 10.0 Å². The average Bonchev–Trinajstić information content (AvgIpc) is 2.98. The number of morpholine rings is 1. The molecule has 5 rings (SSSR count). The maximum Gasteiger partial charge on any atom is 0.264 e. The summed E-state index contributed by atoms with van der Waals surface area (Å²) in [7, 11) is -2.43. The monoisotopic (exact) mass is 584 g/mol. The quantitative estimate of drug-likeness (QED) is 0.373. The molecule has 1 saturated heterocycles. The topological polar surface area (TPSA) is 119 Å². The van der Waals surface area contributed by atoms with Crippen LogP contribution in [0.5, 0.6) is 5.88 Å². The van der Waals surface area contributed by atoms with Gasteiger partial charge in [0.2, 0.25) is 11.8 Å². The molecule has 10 nitrogen and oxygen atoms in total. The molecule has 0 radical (unpaired) electrons. The maximum absolute atomic E-state index is 12.7. The molecule has 1 saturated carbocycles. The van der Waals surface area contributed by atoms with Crippen molar-refractivity contribution in [3.05, 3.63) is 64.9 Å². The first-order valence-electron chi connectivity index (χ1n) is 13.3. The largest absolute Gasteiger partial charge is 0.481 e. The number of hydrogen-bond donors (Lipinski definition) is 2. The van der Waals surface area contributed by atoms with Crippen LogP contribution in [0.4, 0.5) is 11.8 Å². The van der Waals surface area contributed by atoms with Gasteiger partial charge in [0.1, 0.15) is 10.7 Å². The number of benzene rings is 1. The Balaban J connectivity index is 1.17. The van der Waals surface area contributed by atoms with E-state index in [0.29, 0.717) is 23.6 Å². The molecule has 3 heterocycles. The predicted molar refractivity (Wildman–Crippen MR) is 156 cm³/mol. The number of hydrogen-bond acceptors (Lipinski definition) is 9. The SMILES string of the molecule is COc1nc(NS(=O)(=O)c2ccccc2Cl)ccc1/C=C/c1cnc(N[C@H]2CC[C@H](N3CCOCC3)CC2)nc1. The highest BCUT2D eigenvalue weighted by Gasteiger charge is 2.27. The molecule has 0 bridgehead atoms. The summed E-state index contributed by atoms with van der Waals surface area (Å²) in [6, 6.07) is 10.5. The van der Waals surface area contributed by atoms with Crippen molar-refractivity contribution >= 4 is 45.5 Å². The van der Waals surface area contributed by atoms with Crippen molar-refractivity contribution in [3.8, 4) is 5.88 Å². The molecule has 40 heavy (non-hydrogen) atoms. The van der Waals surface area contributed by atoms with Crippen LogP contribution in [-0.2, 0) is 14.8 Å². The van der Waals surface area contributed by atoms with Crippen LogP contribution in [0.25, 0.3) is 12.2 Å². The molecule has 2 aliphatic rings. The zero-order chi connectivity index (χ0) is 28.0. The Morgan fingerprint density at radius 3 is 2.45 bits per heavy atom. The minimum absolute atomic E-state index is 0.0278. The van der Waals surface area contributed by atoms with E-state index in [4.69, 9.17) is 21.1 Å². The molecular formula is C28H33ClN6O4S. The Labute approximate surface area is 239 Å². The summed E-state index contributed by atoms with van der Waals surface area (Å²) in [5.74, 6) is 1.01. The first kappa shape index (κ1) is 28.3. The molecule has 1 aliphatic heterocycles. The van der Waals surface area contributed by atoms with E-state index in [1.54, 1.807) is 36.7 Å². The number of anilines is 2. The molecule has 0 amide bonds. The van der Waals surface area contributed by atoms with Crippen LogP contribution < -0.4 is 14.8 Å². The molecule has 0 spiro atoms. The molecule has 2 fully saturated rings. The summed E-state index contributed by atoms with van der Waals surface area (Å²) in [4.78, 5) is 15.8. The number of halogens is 1. The van der Waals surface area contributed by atoms with Crippen LogP contribution in [0.2, 0.25) is 5.02 Å². The third kappa shape index (κ3) is 7.08. The van der Waals surface area contributed by atoms with Gasteiger partial charge in [-0.3, -0.25) is 9.62 Å². The van der Waals surface area contributed by atoms with E-state index >= 15 is 0 Å². The lowest BCUT2D eigenvalue weighted by Gasteiger charge is -2.38. The van der Waals surface area contributed by atoms with Crippen molar-refractivity contribution in [2.75, 3.05) is 43.5 Å².